The Morgan fingerprint density at radius 1 is 1.54 bits per heavy atom. The Hall–Kier alpha value is -0.0400. The molecule has 1 heterocycles. The second-order valence-electron chi connectivity index (χ2n) is 2.26. The van der Waals surface area contributed by atoms with Gasteiger partial charge < -0.3 is 0 Å². The van der Waals surface area contributed by atoms with Crippen LogP contribution in [0.4, 0.5) is 0 Å². The van der Waals surface area contributed by atoms with E-state index in [0.717, 1.165) is 4.73 Å². The minimum atomic E-state index is -3.43. The SMILES string of the molecule is CCCS(=O)(=O)On1ccnc1.[NaH]. The van der Waals surface area contributed by atoms with Gasteiger partial charge in [-0.25, -0.2) is 4.98 Å². The van der Waals surface area contributed by atoms with Crippen LogP contribution in [-0.4, -0.2) is 53.4 Å². The van der Waals surface area contributed by atoms with Crippen molar-refractivity contribution in [1.82, 2.24) is 9.71 Å². The van der Waals surface area contributed by atoms with Gasteiger partial charge in [0.15, 0.2) is 0 Å². The van der Waals surface area contributed by atoms with Crippen LogP contribution in [0.3, 0.4) is 0 Å². The van der Waals surface area contributed by atoms with Crippen molar-refractivity contribution in [2.75, 3.05) is 5.75 Å². The summed E-state index contributed by atoms with van der Waals surface area (Å²) in [5.41, 5.74) is 0. The van der Waals surface area contributed by atoms with Crippen LogP contribution in [0.25, 0.3) is 0 Å². The van der Waals surface area contributed by atoms with Crippen molar-refractivity contribution in [1.29, 1.82) is 0 Å². The predicted octanol–water partition coefficient (Wildman–Crippen LogP) is -0.597. The quantitative estimate of drug-likeness (QED) is 0.628. The van der Waals surface area contributed by atoms with Crippen LogP contribution in [0.5, 0.6) is 0 Å². The molecule has 0 radical (unpaired) electrons. The zero-order chi connectivity index (χ0) is 9.03. The number of hydrogen-bond donors (Lipinski definition) is 0. The molecule has 70 valence electrons. The standard InChI is InChI=1S/C6H10N2O3S.Na.H/c1-2-5-12(9,10)11-8-4-3-7-6-8;;/h3-4,6H,2,5H2,1H3;;. The van der Waals surface area contributed by atoms with Gasteiger partial charge in [-0.2, -0.15) is 13.1 Å². The summed E-state index contributed by atoms with van der Waals surface area (Å²) in [6.07, 6.45) is 4.69. The second-order valence-corrected chi connectivity index (χ2v) is 3.93. The van der Waals surface area contributed by atoms with Crippen LogP contribution in [0, 0.1) is 0 Å². The second kappa shape index (κ2) is 5.64. The maximum absolute atomic E-state index is 11.0. The number of aromatic nitrogens is 2. The fraction of sp³-hybridized carbons (Fsp3) is 0.500. The normalized spacial score (nSPS) is 10.5. The Morgan fingerprint density at radius 2 is 2.23 bits per heavy atom. The van der Waals surface area contributed by atoms with Crippen LogP contribution in [-0.2, 0) is 10.1 Å². The topological polar surface area (TPSA) is 61.2 Å². The van der Waals surface area contributed by atoms with Crippen molar-refractivity contribution in [2.24, 2.45) is 0 Å². The van der Waals surface area contributed by atoms with Gasteiger partial charge in [-0.3, -0.25) is 4.28 Å². The molecule has 7 heteroatoms. The van der Waals surface area contributed by atoms with Crippen LogP contribution in [0.1, 0.15) is 13.3 Å². The molecular formula is C6H11N2NaO3S. The molecule has 5 nitrogen and oxygen atoms in total. The van der Waals surface area contributed by atoms with E-state index in [9.17, 15) is 8.42 Å². The van der Waals surface area contributed by atoms with E-state index in [2.05, 4.69) is 9.27 Å². The Bertz CT molecular complexity index is 322. The number of imidazole rings is 1. The van der Waals surface area contributed by atoms with E-state index < -0.39 is 10.1 Å². The van der Waals surface area contributed by atoms with Gasteiger partial charge in [0.25, 0.3) is 0 Å². The van der Waals surface area contributed by atoms with E-state index in [-0.39, 0.29) is 35.3 Å². The molecule has 13 heavy (non-hydrogen) atoms. The maximum atomic E-state index is 11.0. The monoisotopic (exact) mass is 214 g/mol. The Balaban J connectivity index is 0.00000144. The first-order chi connectivity index (χ1) is 5.64. The molecule has 0 atom stereocenters. The number of rotatable bonds is 4. The van der Waals surface area contributed by atoms with Gasteiger partial charge in [0.1, 0.15) is 6.33 Å². The summed E-state index contributed by atoms with van der Waals surface area (Å²) >= 11 is 0. The summed E-state index contributed by atoms with van der Waals surface area (Å²) < 4.78 is 27.7. The molecule has 0 bridgehead atoms. The first-order valence-corrected chi connectivity index (χ1v) is 5.12. The Kier molecular flexibility index (Phi) is 5.62. The molecule has 0 N–H and O–H groups in total. The first kappa shape index (κ1) is 13.0. The molecule has 0 aliphatic rings. The molecule has 0 amide bonds. The van der Waals surface area contributed by atoms with Gasteiger partial charge in [0.2, 0.25) is 0 Å². The third-order valence-electron chi connectivity index (χ3n) is 1.13. The third-order valence-corrected chi connectivity index (χ3v) is 2.44. The van der Waals surface area contributed by atoms with Crippen LogP contribution in [0.2, 0.25) is 0 Å². The summed E-state index contributed by atoms with van der Waals surface area (Å²) in [6, 6.07) is 0. The summed E-state index contributed by atoms with van der Waals surface area (Å²) in [4.78, 5) is 3.64. The van der Waals surface area contributed by atoms with Gasteiger partial charge in [0, 0.05) is 6.20 Å². The van der Waals surface area contributed by atoms with E-state index in [1.165, 1.54) is 18.7 Å². The van der Waals surface area contributed by atoms with Crippen LogP contribution < -0.4 is 4.28 Å². The Labute approximate surface area is 99.5 Å². The summed E-state index contributed by atoms with van der Waals surface area (Å²) in [5.74, 6) is 0.0190. The minimum absolute atomic E-state index is 0. The van der Waals surface area contributed by atoms with E-state index in [1.54, 1.807) is 6.92 Å². The molecule has 0 saturated heterocycles. The molecule has 0 aromatic carbocycles. The number of hydrogen-bond acceptors (Lipinski definition) is 4. The van der Waals surface area contributed by atoms with Crippen molar-refractivity contribution in [2.45, 2.75) is 13.3 Å². The van der Waals surface area contributed by atoms with Crippen LogP contribution >= 0.6 is 0 Å². The van der Waals surface area contributed by atoms with Crippen molar-refractivity contribution < 1.29 is 12.7 Å². The van der Waals surface area contributed by atoms with E-state index in [4.69, 9.17) is 0 Å². The molecule has 0 spiro atoms. The van der Waals surface area contributed by atoms with Crippen LogP contribution in [0.15, 0.2) is 18.7 Å². The molecular weight excluding hydrogens is 203 g/mol. The molecule has 0 unspecified atom stereocenters. The van der Waals surface area contributed by atoms with Crippen molar-refractivity contribution >= 4 is 39.7 Å². The fourth-order valence-electron chi connectivity index (χ4n) is 0.709. The fourth-order valence-corrected chi connectivity index (χ4v) is 1.63. The van der Waals surface area contributed by atoms with Crippen molar-refractivity contribution in [3.63, 3.8) is 0 Å². The molecule has 0 fully saturated rings. The van der Waals surface area contributed by atoms with Crippen molar-refractivity contribution in [3.8, 4) is 0 Å². The molecule has 1 aromatic rings. The zero-order valence-corrected chi connectivity index (χ0v) is 7.49. The number of nitrogens with zero attached hydrogens (tertiary/aromatic N) is 2. The van der Waals surface area contributed by atoms with Gasteiger partial charge in [-0.1, -0.05) is 6.92 Å². The summed E-state index contributed by atoms with van der Waals surface area (Å²) in [7, 11) is -3.43. The first-order valence-electron chi connectivity index (χ1n) is 3.54. The Morgan fingerprint density at radius 3 is 2.69 bits per heavy atom. The predicted molar refractivity (Wildman–Crippen MR) is 50.0 cm³/mol. The average Bonchev–Trinajstić information content (AvgIpc) is 2.38. The van der Waals surface area contributed by atoms with Gasteiger partial charge in [0.05, 0.1) is 11.9 Å². The summed E-state index contributed by atoms with van der Waals surface area (Å²) in [6.45, 7) is 1.77. The zero-order valence-electron chi connectivity index (χ0n) is 6.67. The van der Waals surface area contributed by atoms with Gasteiger partial charge >= 0.3 is 39.7 Å². The molecule has 1 aromatic heterocycles. The molecule has 1 rings (SSSR count). The molecule has 0 aliphatic carbocycles. The third kappa shape index (κ3) is 4.66. The van der Waals surface area contributed by atoms with Gasteiger partial charge in [-0.05, 0) is 6.42 Å². The van der Waals surface area contributed by atoms with E-state index in [0.29, 0.717) is 6.42 Å². The van der Waals surface area contributed by atoms with Crippen molar-refractivity contribution in [3.05, 3.63) is 18.7 Å². The van der Waals surface area contributed by atoms with E-state index in [1.807, 2.05) is 0 Å². The summed E-state index contributed by atoms with van der Waals surface area (Å²) in [5, 5.41) is 0. The van der Waals surface area contributed by atoms with E-state index >= 15 is 0 Å². The molecule has 0 saturated carbocycles. The average molecular weight is 214 g/mol. The molecule has 0 aliphatic heterocycles. The van der Waals surface area contributed by atoms with Gasteiger partial charge in [-0.15, -0.1) is 0 Å².